The van der Waals surface area contributed by atoms with Crippen LogP contribution in [0.15, 0.2) is 47.5 Å². The van der Waals surface area contributed by atoms with Gasteiger partial charge >= 0.3 is 0 Å². The van der Waals surface area contributed by atoms with Gasteiger partial charge in [-0.25, -0.2) is 4.39 Å². The van der Waals surface area contributed by atoms with Gasteiger partial charge in [0.25, 0.3) is 0 Å². The Hall–Kier alpha value is -2.82. The lowest BCUT2D eigenvalue weighted by Gasteiger charge is -2.20. The third-order valence-electron chi connectivity index (χ3n) is 4.10. The maximum absolute atomic E-state index is 13.3. The number of aromatic hydroxyl groups is 1. The topological polar surface area (TPSA) is 51.6 Å². The second-order valence-corrected chi connectivity index (χ2v) is 5.52. The molecule has 24 heavy (non-hydrogen) atoms. The smallest absolute Gasteiger partial charge is 0.198 e. The quantitative estimate of drug-likeness (QED) is 0.673. The van der Waals surface area contributed by atoms with E-state index < -0.39 is 0 Å². The average molecular weight is 325 g/mol. The van der Waals surface area contributed by atoms with Crippen LogP contribution in [0.1, 0.15) is 19.4 Å². The Balaban J connectivity index is 1.87. The summed E-state index contributed by atoms with van der Waals surface area (Å²) in [6.45, 7) is 6.16. The molecule has 4 nitrogen and oxygen atoms in total. The molecule has 0 bridgehead atoms. The first kappa shape index (κ1) is 16.1. The van der Waals surface area contributed by atoms with E-state index in [2.05, 4.69) is 28.7 Å². The molecule has 0 amide bonds. The Morgan fingerprint density at radius 1 is 1.12 bits per heavy atom. The van der Waals surface area contributed by atoms with Crippen LogP contribution in [-0.4, -0.2) is 29.4 Å². The van der Waals surface area contributed by atoms with Gasteiger partial charge in [0.2, 0.25) is 0 Å². The van der Waals surface area contributed by atoms with Gasteiger partial charge < -0.3 is 15.0 Å². The Morgan fingerprint density at radius 2 is 1.83 bits per heavy atom. The van der Waals surface area contributed by atoms with Crippen molar-refractivity contribution in [3.05, 3.63) is 53.8 Å². The molecule has 0 aliphatic heterocycles. The van der Waals surface area contributed by atoms with Crippen molar-refractivity contribution in [1.29, 1.82) is 0 Å². The standard InChI is InChI=1S/C19H20FN3O/c1-3-23(4-2)15-8-6-14(7-9-15)21-12-17-16-10-5-13(20)11-18(16)22-19(17)24/h5-12,22,24H,3-4H2,1-2H3. The average Bonchev–Trinajstić information content (AvgIpc) is 2.89. The minimum absolute atomic E-state index is 0.0147. The van der Waals surface area contributed by atoms with E-state index in [1.807, 2.05) is 24.3 Å². The summed E-state index contributed by atoms with van der Waals surface area (Å²) in [7, 11) is 0. The number of halogens is 1. The minimum atomic E-state index is -0.348. The number of aromatic nitrogens is 1. The lowest BCUT2D eigenvalue weighted by molar-refractivity contribution is 0.457. The van der Waals surface area contributed by atoms with Gasteiger partial charge in [0.1, 0.15) is 5.82 Å². The summed E-state index contributed by atoms with van der Waals surface area (Å²) >= 11 is 0. The number of H-pyrrole nitrogens is 1. The van der Waals surface area contributed by atoms with Crippen LogP contribution in [0.25, 0.3) is 10.9 Å². The van der Waals surface area contributed by atoms with Gasteiger partial charge in [-0.2, -0.15) is 0 Å². The third kappa shape index (κ3) is 3.11. The van der Waals surface area contributed by atoms with E-state index in [0.717, 1.165) is 29.9 Å². The fraction of sp³-hybridized carbons (Fsp3) is 0.211. The summed E-state index contributed by atoms with van der Waals surface area (Å²) in [5.74, 6) is -0.363. The van der Waals surface area contributed by atoms with Crippen molar-refractivity contribution >= 4 is 28.5 Å². The molecule has 3 rings (SSSR count). The van der Waals surface area contributed by atoms with E-state index in [4.69, 9.17) is 0 Å². The van der Waals surface area contributed by atoms with Gasteiger partial charge in [-0.3, -0.25) is 4.99 Å². The molecule has 0 radical (unpaired) electrons. The Labute approximate surface area is 140 Å². The van der Waals surface area contributed by atoms with Crippen molar-refractivity contribution in [2.45, 2.75) is 13.8 Å². The molecule has 0 atom stereocenters. The summed E-state index contributed by atoms with van der Waals surface area (Å²) in [5.41, 5.74) is 3.05. The van der Waals surface area contributed by atoms with Crippen molar-refractivity contribution in [2.24, 2.45) is 4.99 Å². The molecule has 0 unspecified atom stereocenters. The van der Waals surface area contributed by atoms with Crippen LogP contribution in [0.4, 0.5) is 15.8 Å². The predicted octanol–water partition coefficient (Wildman–Crippen LogP) is 4.61. The molecule has 124 valence electrons. The van der Waals surface area contributed by atoms with Crippen molar-refractivity contribution < 1.29 is 9.50 Å². The van der Waals surface area contributed by atoms with Crippen molar-refractivity contribution in [3.8, 4) is 5.88 Å². The van der Waals surface area contributed by atoms with E-state index in [9.17, 15) is 9.50 Å². The normalized spacial score (nSPS) is 11.5. The number of fused-ring (bicyclic) bond motifs is 1. The van der Waals surface area contributed by atoms with E-state index in [1.54, 1.807) is 12.3 Å². The van der Waals surface area contributed by atoms with Gasteiger partial charge in [-0.1, -0.05) is 0 Å². The molecule has 2 N–H and O–H groups in total. The molecule has 0 spiro atoms. The van der Waals surface area contributed by atoms with Crippen LogP contribution in [0.2, 0.25) is 0 Å². The number of benzene rings is 2. The van der Waals surface area contributed by atoms with E-state index in [-0.39, 0.29) is 11.7 Å². The summed E-state index contributed by atoms with van der Waals surface area (Å²) in [4.78, 5) is 9.44. The monoisotopic (exact) mass is 325 g/mol. The molecule has 0 saturated carbocycles. The van der Waals surface area contributed by atoms with Gasteiger partial charge in [-0.05, 0) is 56.3 Å². The maximum atomic E-state index is 13.3. The number of rotatable bonds is 5. The molecule has 0 saturated heterocycles. The highest BCUT2D eigenvalue weighted by molar-refractivity contribution is 6.02. The predicted molar refractivity (Wildman–Crippen MR) is 97.2 cm³/mol. The highest BCUT2D eigenvalue weighted by Crippen LogP contribution is 2.27. The van der Waals surface area contributed by atoms with Gasteiger partial charge in [0.15, 0.2) is 5.88 Å². The van der Waals surface area contributed by atoms with E-state index in [1.165, 1.54) is 12.1 Å². The van der Waals surface area contributed by atoms with Crippen molar-refractivity contribution in [2.75, 3.05) is 18.0 Å². The number of hydrogen-bond donors (Lipinski definition) is 2. The highest BCUT2D eigenvalue weighted by atomic mass is 19.1. The highest BCUT2D eigenvalue weighted by Gasteiger charge is 2.09. The van der Waals surface area contributed by atoms with Gasteiger partial charge in [-0.15, -0.1) is 0 Å². The zero-order valence-electron chi connectivity index (χ0n) is 13.8. The number of aliphatic imine (C=N–C) groups is 1. The second kappa shape index (κ2) is 6.74. The molecular formula is C19H20FN3O. The molecule has 2 aromatic carbocycles. The van der Waals surface area contributed by atoms with E-state index in [0.29, 0.717) is 11.1 Å². The zero-order chi connectivity index (χ0) is 17.1. The van der Waals surface area contributed by atoms with Crippen LogP contribution in [0.3, 0.4) is 0 Å². The molecule has 0 fully saturated rings. The molecule has 1 heterocycles. The molecule has 3 aromatic rings. The number of hydrogen-bond acceptors (Lipinski definition) is 3. The zero-order valence-corrected chi connectivity index (χ0v) is 13.8. The summed E-state index contributed by atoms with van der Waals surface area (Å²) in [6.07, 6.45) is 1.60. The minimum Gasteiger partial charge on any atom is -0.494 e. The van der Waals surface area contributed by atoms with Crippen molar-refractivity contribution in [3.63, 3.8) is 0 Å². The number of aromatic amines is 1. The lowest BCUT2D eigenvalue weighted by atomic mass is 10.2. The Kier molecular flexibility index (Phi) is 4.51. The third-order valence-corrected chi connectivity index (χ3v) is 4.10. The van der Waals surface area contributed by atoms with Crippen LogP contribution in [-0.2, 0) is 0 Å². The van der Waals surface area contributed by atoms with Gasteiger partial charge in [0.05, 0.1) is 16.8 Å². The van der Waals surface area contributed by atoms with Gasteiger partial charge in [0, 0.05) is 30.4 Å². The first-order chi connectivity index (χ1) is 11.6. The fourth-order valence-corrected chi connectivity index (χ4v) is 2.79. The van der Waals surface area contributed by atoms with Crippen LogP contribution in [0, 0.1) is 5.82 Å². The summed E-state index contributed by atoms with van der Waals surface area (Å²) in [5, 5.41) is 10.7. The summed E-state index contributed by atoms with van der Waals surface area (Å²) in [6, 6.07) is 12.3. The molecule has 0 aliphatic rings. The van der Waals surface area contributed by atoms with Crippen molar-refractivity contribution in [1.82, 2.24) is 4.98 Å². The SMILES string of the molecule is CCN(CC)c1ccc(N=Cc2c(O)[nH]c3cc(F)ccc23)cc1. The van der Waals surface area contributed by atoms with Crippen LogP contribution < -0.4 is 4.90 Å². The maximum Gasteiger partial charge on any atom is 0.198 e. The van der Waals surface area contributed by atoms with Crippen LogP contribution in [0.5, 0.6) is 5.88 Å². The first-order valence-electron chi connectivity index (χ1n) is 8.01. The Bertz CT molecular complexity index is 864. The lowest BCUT2D eigenvalue weighted by Crippen LogP contribution is -2.21. The number of anilines is 1. The largest absolute Gasteiger partial charge is 0.494 e. The molecular weight excluding hydrogens is 305 g/mol. The Morgan fingerprint density at radius 3 is 2.50 bits per heavy atom. The summed E-state index contributed by atoms with van der Waals surface area (Å²) < 4.78 is 13.3. The number of nitrogens with one attached hydrogen (secondary N) is 1. The van der Waals surface area contributed by atoms with Crippen LogP contribution >= 0.6 is 0 Å². The second-order valence-electron chi connectivity index (χ2n) is 5.52. The molecule has 0 aliphatic carbocycles. The molecule has 1 aromatic heterocycles. The first-order valence-corrected chi connectivity index (χ1v) is 8.01. The molecule has 5 heteroatoms. The number of nitrogens with zero attached hydrogens (tertiary/aromatic N) is 2. The van der Waals surface area contributed by atoms with E-state index >= 15 is 0 Å². The fourth-order valence-electron chi connectivity index (χ4n) is 2.79.